The average molecular weight is 228 g/mol. The Balaban J connectivity index is 1.98. The third kappa shape index (κ3) is 3.04. The van der Waals surface area contributed by atoms with Gasteiger partial charge >= 0.3 is 5.97 Å². The normalized spacial score (nSPS) is 10.8. The molecule has 2 rings (SSSR count). The molecule has 17 heavy (non-hydrogen) atoms. The highest BCUT2D eigenvalue weighted by atomic mass is 16.4. The summed E-state index contributed by atoms with van der Waals surface area (Å²) in [4.78, 5) is 14.4. The van der Waals surface area contributed by atoms with E-state index in [0.717, 1.165) is 5.56 Å². The van der Waals surface area contributed by atoms with Crippen LogP contribution in [0.2, 0.25) is 0 Å². The van der Waals surface area contributed by atoms with E-state index >= 15 is 0 Å². The van der Waals surface area contributed by atoms with E-state index in [-0.39, 0.29) is 5.69 Å². The van der Waals surface area contributed by atoms with Gasteiger partial charge in [0.15, 0.2) is 5.69 Å². The summed E-state index contributed by atoms with van der Waals surface area (Å²) >= 11 is 0. The van der Waals surface area contributed by atoms with Crippen LogP contribution in [0.25, 0.3) is 6.08 Å². The van der Waals surface area contributed by atoms with E-state index in [1.165, 1.54) is 12.5 Å². The first kappa shape index (κ1) is 11.1. The van der Waals surface area contributed by atoms with Crippen LogP contribution in [0.3, 0.4) is 0 Å². The number of carbonyl (C=O) groups is 1. The highest BCUT2D eigenvalue weighted by Crippen LogP contribution is 2.02. The molecule has 0 aliphatic heterocycles. The number of carboxylic acid groups (broad SMARTS) is 1. The molecule has 0 radical (unpaired) electrons. The van der Waals surface area contributed by atoms with Crippen molar-refractivity contribution in [3.05, 3.63) is 60.2 Å². The molecular formula is C13H12N2O2. The fraction of sp³-hybridized carbons (Fsp3) is 0.0769. The zero-order valence-electron chi connectivity index (χ0n) is 9.15. The molecule has 1 aromatic carbocycles. The van der Waals surface area contributed by atoms with Crippen molar-refractivity contribution < 1.29 is 9.90 Å². The second-order valence-electron chi connectivity index (χ2n) is 3.57. The van der Waals surface area contributed by atoms with Crippen molar-refractivity contribution in [2.24, 2.45) is 0 Å². The van der Waals surface area contributed by atoms with Crippen LogP contribution in [-0.4, -0.2) is 20.6 Å². The summed E-state index contributed by atoms with van der Waals surface area (Å²) in [6.45, 7) is 0.606. The quantitative estimate of drug-likeness (QED) is 0.873. The third-order valence-electron chi connectivity index (χ3n) is 2.28. The largest absolute Gasteiger partial charge is 0.476 e. The van der Waals surface area contributed by atoms with E-state index < -0.39 is 5.97 Å². The van der Waals surface area contributed by atoms with Crippen LogP contribution in [0, 0.1) is 0 Å². The van der Waals surface area contributed by atoms with Crippen LogP contribution in [0.15, 0.2) is 48.9 Å². The lowest BCUT2D eigenvalue weighted by atomic mass is 10.2. The van der Waals surface area contributed by atoms with Crippen molar-refractivity contribution in [1.29, 1.82) is 0 Å². The molecule has 0 unspecified atom stereocenters. The van der Waals surface area contributed by atoms with Gasteiger partial charge in [-0.15, -0.1) is 0 Å². The molecule has 4 heteroatoms. The Morgan fingerprint density at radius 1 is 1.35 bits per heavy atom. The fourth-order valence-electron chi connectivity index (χ4n) is 1.45. The minimum Gasteiger partial charge on any atom is -0.476 e. The monoisotopic (exact) mass is 228 g/mol. The number of aromatic carboxylic acids is 1. The molecule has 1 aromatic heterocycles. The van der Waals surface area contributed by atoms with E-state index in [1.807, 2.05) is 42.5 Å². The van der Waals surface area contributed by atoms with Gasteiger partial charge in [-0.25, -0.2) is 9.78 Å². The molecule has 1 heterocycles. The van der Waals surface area contributed by atoms with Crippen LogP contribution in [0.5, 0.6) is 0 Å². The summed E-state index contributed by atoms with van der Waals surface area (Å²) in [5, 5.41) is 8.71. The van der Waals surface area contributed by atoms with Crippen molar-refractivity contribution in [3.8, 4) is 0 Å². The Kier molecular flexibility index (Phi) is 3.35. The average Bonchev–Trinajstić information content (AvgIpc) is 2.79. The topological polar surface area (TPSA) is 55.1 Å². The van der Waals surface area contributed by atoms with E-state index in [1.54, 1.807) is 4.57 Å². The van der Waals surface area contributed by atoms with Crippen LogP contribution in [0.1, 0.15) is 16.1 Å². The highest BCUT2D eigenvalue weighted by Gasteiger charge is 2.04. The predicted molar refractivity (Wildman–Crippen MR) is 64.7 cm³/mol. The molecule has 0 fully saturated rings. The molecule has 0 atom stereocenters. The molecule has 2 aromatic rings. The standard InChI is InChI=1S/C13H12N2O2/c16-13(17)12-9-15(10-14-12)8-4-7-11-5-2-1-3-6-11/h1-7,9-10H,8H2,(H,16,17)/b7-4+. The maximum absolute atomic E-state index is 10.6. The van der Waals surface area contributed by atoms with Crippen molar-refractivity contribution in [1.82, 2.24) is 9.55 Å². The molecular weight excluding hydrogens is 216 g/mol. The van der Waals surface area contributed by atoms with Gasteiger partial charge in [0, 0.05) is 12.7 Å². The molecule has 0 amide bonds. The van der Waals surface area contributed by atoms with Crippen molar-refractivity contribution in [3.63, 3.8) is 0 Å². The summed E-state index contributed by atoms with van der Waals surface area (Å²) in [5.74, 6) is -1.00. The Morgan fingerprint density at radius 2 is 2.12 bits per heavy atom. The number of nitrogens with zero attached hydrogens (tertiary/aromatic N) is 2. The first-order valence-corrected chi connectivity index (χ1v) is 5.22. The highest BCUT2D eigenvalue weighted by molar-refractivity contribution is 5.84. The molecule has 0 aliphatic carbocycles. The third-order valence-corrected chi connectivity index (χ3v) is 2.28. The second kappa shape index (κ2) is 5.12. The fourth-order valence-corrected chi connectivity index (χ4v) is 1.45. The first-order chi connectivity index (χ1) is 8.25. The molecule has 0 aliphatic rings. The summed E-state index contributed by atoms with van der Waals surface area (Å²) in [6.07, 6.45) is 6.97. The summed E-state index contributed by atoms with van der Waals surface area (Å²) in [5.41, 5.74) is 1.18. The number of carboxylic acids is 1. The zero-order valence-corrected chi connectivity index (χ0v) is 9.15. The predicted octanol–water partition coefficient (Wildman–Crippen LogP) is 2.29. The smallest absolute Gasteiger partial charge is 0.356 e. The Morgan fingerprint density at radius 3 is 2.76 bits per heavy atom. The summed E-state index contributed by atoms with van der Waals surface area (Å²) in [6, 6.07) is 9.92. The lowest BCUT2D eigenvalue weighted by Crippen LogP contribution is -1.96. The van der Waals surface area contributed by atoms with Crippen LogP contribution in [-0.2, 0) is 6.54 Å². The lowest BCUT2D eigenvalue weighted by Gasteiger charge is -1.95. The van der Waals surface area contributed by atoms with E-state index in [0.29, 0.717) is 6.54 Å². The summed E-state index contributed by atoms with van der Waals surface area (Å²) < 4.78 is 1.73. The Labute approximate surface area is 98.9 Å². The number of hydrogen-bond acceptors (Lipinski definition) is 2. The molecule has 0 bridgehead atoms. The number of aromatic nitrogens is 2. The molecule has 1 N–H and O–H groups in total. The zero-order chi connectivity index (χ0) is 12.1. The number of allylic oxidation sites excluding steroid dienone is 1. The number of hydrogen-bond donors (Lipinski definition) is 1. The van der Waals surface area contributed by atoms with Crippen molar-refractivity contribution >= 4 is 12.0 Å². The van der Waals surface area contributed by atoms with Gasteiger partial charge in [0.2, 0.25) is 0 Å². The van der Waals surface area contributed by atoms with Gasteiger partial charge < -0.3 is 9.67 Å². The van der Waals surface area contributed by atoms with Gasteiger partial charge in [0.05, 0.1) is 6.33 Å². The second-order valence-corrected chi connectivity index (χ2v) is 3.57. The van der Waals surface area contributed by atoms with Gasteiger partial charge in [-0.1, -0.05) is 42.5 Å². The van der Waals surface area contributed by atoms with Crippen molar-refractivity contribution in [2.45, 2.75) is 6.54 Å². The number of rotatable bonds is 4. The lowest BCUT2D eigenvalue weighted by molar-refractivity contribution is 0.0691. The van der Waals surface area contributed by atoms with Gasteiger partial charge in [0.25, 0.3) is 0 Å². The first-order valence-electron chi connectivity index (χ1n) is 5.22. The number of imidazole rings is 1. The summed E-state index contributed by atoms with van der Waals surface area (Å²) in [7, 11) is 0. The minimum absolute atomic E-state index is 0.0677. The van der Waals surface area contributed by atoms with Crippen LogP contribution in [0.4, 0.5) is 0 Å². The molecule has 4 nitrogen and oxygen atoms in total. The van der Waals surface area contributed by atoms with Crippen LogP contribution >= 0.6 is 0 Å². The maximum Gasteiger partial charge on any atom is 0.356 e. The Bertz CT molecular complexity index is 529. The number of benzene rings is 1. The SMILES string of the molecule is O=C(O)c1cn(C/C=C/c2ccccc2)cn1. The van der Waals surface area contributed by atoms with Gasteiger partial charge in [-0.3, -0.25) is 0 Å². The van der Waals surface area contributed by atoms with E-state index in [2.05, 4.69) is 4.98 Å². The Hall–Kier alpha value is -2.36. The van der Waals surface area contributed by atoms with E-state index in [9.17, 15) is 4.79 Å². The van der Waals surface area contributed by atoms with Crippen LogP contribution < -0.4 is 0 Å². The van der Waals surface area contributed by atoms with E-state index in [4.69, 9.17) is 5.11 Å². The molecule has 0 saturated heterocycles. The van der Waals surface area contributed by atoms with Gasteiger partial charge in [0.1, 0.15) is 0 Å². The van der Waals surface area contributed by atoms with Gasteiger partial charge in [-0.2, -0.15) is 0 Å². The van der Waals surface area contributed by atoms with Gasteiger partial charge in [-0.05, 0) is 5.56 Å². The molecule has 86 valence electrons. The van der Waals surface area contributed by atoms with Crippen molar-refractivity contribution in [2.75, 3.05) is 0 Å². The molecule has 0 saturated carbocycles. The molecule has 0 spiro atoms. The minimum atomic E-state index is -1.00. The maximum atomic E-state index is 10.6.